The van der Waals surface area contributed by atoms with Crippen molar-refractivity contribution in [3.63, 3.8) is 0 Å². The molecule has 6 rings (SSSR count). The number of carbonyl (C=O) groups excluding carboxylic acids is 1. The lowest BCUT2D eigenvalue weighted by Gasteiger charge is -2.23. The topological polar surface area (TPSA) is 97.3 Å². The number of nitrogens with one attached hydrogen (secondary N) is 1. The monoisotopic (exact) mass is 507 g/mol. The van der Waals surface area contributed by atoms with E-state index in [1.807, 2.05) is 37.3 Å². The normalized spacial score (nSPS) is 24.4. The number of sulfonamides is 1. The average Bonchev–Trinajstić information content (AvgIpc) is 3.36. The van der Waals surface area contributed by atoms with Crippen LogP contribution in [0, 0.1) is 0 Å². The van der Waals surface area contributed by atoms with Crippen molar-refractivity contribution in [1.29, 1.82) is 0 Å². The number of fused-ring (bicyclic) bond motifs is 1. The molecule has 8 nitrogen and oxygen atoms in total. The predicted molar refractivity (Wildman–Crippen MR) is 135 cm³/mol. The van der Waals surface area contributed by atoms with Crippen LogP contribution in [0.1, 0.15) is 50.2 Å². The molecule has 1 amide bonds. The molecule has 0 radical (unpaired) electrons. The molecule has 2 fully saturated rings. The molecule has 0 bridgehead atoms. The first kappa shape index (κ1) is 23.2. The number of amides is 1. The van der Waals surface area contributed by atoms with Crippen molar-refractivity contribution in [2.45, 2.75) is 61.5 Å². The van der Waals surface area contributed by atoms with Crippen LogP contribution in [0.15, 0.2) is 64.5 Å². The van der Waals surface area contributed by atoms with Gasteiger partial charge in [-0.1, -0.05) is 24.3 Å². The van der Waals surface area contributed by atoms with Gasteiger partial charge in [-0.05, 0) is 74.1 Å². The molecule has 2 aromatic carbocycles. The van der Waals surface area contributed by atoms with Crippen LogP contribution in [0.4, 0.5) is 0 Å². The molecule has 2 atom stereocenters. The molecule has 9 heteroatoms. The van der Waals surface area contributed by atoms with Crippen LogP contribution in [0.5, 0.6) is 11.5 Å². The van der Waals surface area contributed by atoms with E-state index < -0.39 is 15.4 Å². The molecule has 1 aliphatic carbocycles. The molecule has 1 saturated heterocycles. The van der Waals surface area contributed by atoms with Crippen LogP contribution >= 0.6 is 0 Å². The fraction of sp³-hybridized carbons (Fsp3) is 0.407. The summed E-state index contributed by atoms with van der Waals surface area (Å²) in [6.07, 6.45) is 7.48. The molecular formula is C27H29N3O5S. The molecule has 0 spiro atoms. The van der Waals surface area contributed by atoms with E-state index in [0.717, 1.165) is 42.5 Å². The minimum Gasteiger partial charge on any atom is -0.454 e. The zero-order valence-electron chi connectivity index (χ0n) is 20.1. The van der Waals surface area contributed by atoms with Crippen LogP contribution in [-0.4, -0.2) is 49.9 Å². The van der Waals surface area contributed by atoms with Crippen LogP contribution in [-0.2, 0) is 20.2 Å². The Bertz CT molecular complexity index is 1360. The zero-order valence-corrected chi connectivity index (χ0v) is 21.0. The maximum atomic E-state index is 13.3. The number of hydrogen-bond donors (Lipinski definition) is 1. The number of ether oxygens (including phenoxy) is 2. The quantitative estimate of drug-likeness (QED) is 0.645. The molecule has 1 N–H and O–H groups in total. The Balaban J connectivity index is 1.17. The molecule has 188 valence electrons. The lowest BCUT2D eigenvalue weighted by atomic mass is 9.94. The number of hydrogen-bond acceptors (Lipinski definition) is 6. The highest BCUT2D eigenvalue weighted by atomic mass is 32.2. The Morgan fingerprint density at radius 3 is 2.61 bits per heavy atom. The van der Waals surface area contributed by atoms with Gasteiger partial charge in [0.25, 0.3) is 0 Å². The van der Waals surface area contributed by atoms with Crippen LogP contribution in [0.2, 0.25) is 0 Å². The fourth-order valence-electron chi connectivity index (χ4n) is 5.29. The number of nitrogens with zero attached hydrogens (tertiary/aromatic N) is 2. The van der Waals surface area contributed by atoms with Gasteiger partial charge in [-0.25, -0.2) is 8.42 Å². The minimum atomic E-state index is -3.50. The summed E-state index contributed by atoms with van der Waals surface area (Å²) in [4.78, 5) is 18.4. The Hall–Kier alpha value is -3.17. The van der Waals surface area contributed by atoms with E-state index in [4.69, 9.17) is 14.5 Å². The summed E-state index contributed by atoms with van der Waals surface area (Å²) in [5.41, 5.74) is 1.91. The van der Waals surface area contributed by atoms with Crippen molar-refractivity contribution < 1.29 is 22.7 Å². The molecule has 1 saturated carbocycles. The summed E-state index contributed by atoms with van der Waals surface area (Å²) in [7, 11) is -3.50. The fourth-order valence-corrected chi connectivity index (χ4v) is 6.99. The largest absolute Gasteiger partial charge is 0.454 e. The molecule has 2 aromatic rings. The molecular weight excluding hydrogens is 478 g/mol. The first-order chi connectivity index (χ1) is 17.4. The molecule has 3 aliphatic heterocycles. The first-order valence-corrected chi connectivity index (χ1v) is 13.9. The maximum Gasteiger partial charge on any atom is 0.243 e. The average molecular weight is 508 g/mol. The minimum absolute atomic E-state index is 0.0251. The summed E-state index contributed by atoms with van der Waals surface area (Å²) in [6, 6.07) is 12.6. The number of benzene rings is 2. The molecule has 0 aromatic heterocycles. The number of allylic oxidation sites excluding steroid dienone is 1. The third kappa shape index (κ3) is 4.00. The lowest BCUT2D eigenvalue weighted by molar-refractivity contribution is -0.124. The van der Waals surface area contributed by atoms with Crippen molar-refractivity contribution in [1.82, 2.24) is 9.62 Å². The van der Waals surface area contributed by atoms with E-state index in [2.05, 4.69) is 5.32 Å². The van der Waals surface area contributed by atoms with Gasteiger partial charge in [-0.3, -0.25) is 9.79 Å². The Kier molecular flexibility index (Phi) is 5.64. The third-order valence-electron chi connectivity index (χ3n) is 7.59. The Morgan fingerprint density at radius 2 is 1.89 bits per heavy atom. The second kappa shape index (κ2) is 8.74. The van der Waals surface area contributed by atoms with Gasteiger partial charge in [0.15, 0.2) is 11.5 Å². The van der Waals surface area contributed by atoms with Crippen molar-refractivity contribution >= 4 is 21.6 Å². The molecule has 36 heavy (non-hydrogen) atoms. The van der Waals surface area contributed by atoms with E-state index in [0.29, 0.717) is 29.4 Å². The SMILES string of the molecule is CC1CCCN1S(=O)(=O)c1ccc(C2=NC(NC(=O)C3(c4ccc5c(c4)OCO5)CC3)CC=C2)cc1. The van der Waals surface area contributed by atoms with Crippen LogP contribution in [0.3, 0.4) is 0 Å². The van der Waals surface area contributed by atoms with Gasteiger partial charge in [-0.15, -0.1) is 0 Å². The van der Waals surface area contributed by atoms with Gasteiger partial charge in [0.05, 0.1) is 16.0 Å². The van der Waals surface area contributed by atoms with Crippen LogP contribution < -0.4 is 14.8 Å². The van der Waals surface area contributed by atoms with Gasteiger partial charge in [0.2, 0.25) is 22.7 Å². The van der Waals surface area contributed by atoms with E-state index in [-0.39, 0.29) is 24.9 Å². The Labute approximate surface area is 211 Å². The van der Waals surface area contributed by atoms with Crippen LogP contribution in [0.25, 0.3) is 0 Å². The second-order valence-electron chi connectivity index (χ2n) is 9.92. The van der Waals surface area contributed by atoms with Gasteiger partial charge in [-0.2, -0.15) is 4.31 Å². The number of aliphatic imine (C=N–C) groups is 1. The highest BCUT2D eigenvalue weighted by Gasteiger charge is 2.52. The lowest BCUT2D eigenvalue weighted by Crippen LogP contribution is -2.41. The molecule has 4 aliphatic rings. The highest BCUT2D eigenvalue weighted by molar-refractivity contribution is 7.89. The predicted octanol–water partition coefficient (Wildman–Crippen LogP) is 3.51. The van der Waals surface area contributed by atoms with Crippen molar-refractivity contribution in [3.05, 3.63) is 65.7 Å². The summed E-state index contributed by atoms with van der Waals surface area (Å²) in [5, 5.41) is 3.11. The van der Waals surface area contributed by atoms with E-state index >= 15 is 0 Å². The number of rotatable bonds is 6. The van der Waals surface area contributed by atoms with Gasteiger partial charge >= 0.3 is 0 Å². The summed E-state index contributed by atoms with van der Waals surface area (Å²) in [5.74, 6) is 1.35. The summed E-state index contributed by atoms with van der Waals surface area (Å²) < 4.78 is 38.5. The van der Waals surface area contributed by atoms with Gasteiger partial charge < -0.3 is 14.8 Å². The highest BCUT2D eigenvalue weighted by Crippen LogP contribution is 2.50. The van der Waals surface area contributed by atoms with E-state index in [9.17, 15) is 13.2 Å². The molecule has 2 unspecified atom stereocenters. The molecule has 3 heterocycles. The van der Waals surface area contributed by atoms with E-state index in [1.54, 1.807) is 28.6 Å². The number of dihydropyridines is 1. The summed E-state index contributed by atoms with van der Waals surface area (Å²) in [6.45, 7) is 2.72. The zero-order chi connectivity index (χ0) is 24.9. The maximum absolute atomic E-state index is 13.3. The first-order valence-electron chi connectivity index (χ1n) is 12.4. The van der Waals surface area contributed by atoms with E-state index in [1.165, 1.54) is 0 Å². The Morgan fingerprint density at radius 1 is 1.11 bits per heavy atom. The van der Waals surface area contributed by atoms with Gasteiger partial charge in [0.1, 0.15) is 6.17 Å². The van der Waals surface area contributed by atoms with Crippen molar-refractivity contribution in [2.75, 3.05) is 13.3 Å². The van der Waals surface area contributed by atoms with Crippen molar-refractivity contribution in [2.24, 2.45) is 4.99 Å². The second-order valence-corrected chi connectivity index (χ2v) is 11.8. The van der Waals surface area contributed by atoms with Crippen molar-refractivity contribution in [3.8, 4) is 11.5 Å². The standard InChI is InChI=1S/C27H29N3O5S/c1-18-4-3-15-30(18)36(32,33)21-10-7-19(8-11-21)22-5-2-6-25(28-22)29-26(31)27(13-14-27)20-9-12-23-24(16-20)35-17-34-23/h2,5,7-12,16,18,25H,3-4,6,13-15,17H2,1H3,(H,29,31). The smallest absolute Gasteiger partial charge is 0.243 e. The third-order valence-corrected chi connectivity index (χ3v) is 9.61. The van der Waals surface area contributed by atoms with Gasteiger partial charge in [0, 0.05) is 19.0 Å². The number of carbonyl (C=O) groups is 1. The summed E-state index contributed by atoms with van der Waals surface area (Å²) >= 11 is 0.